The van der Waals surface area contributed by atoms with Gasteiger partial charge in [-0.25, -0.2) is 0 Å². The summed E-state index contributed by atoms with van der Waals surface area (Å²) in [6.07, 6.45) is 5.86. The van der Waals surface area contributed by atoms with Crippen molar-refractivity contribution in [1.82, 2.24) is 0 Å². The van der Waals surface area contributed by atoms with E-state index in [9.17, 15) is 9.59 Å². The van der Waals surface area contributed by atoms with E-state index in [1.165, 1.54) is 6.92 Å². The molecule has 3 heteroatoms. The molecule has 2 rings (SSSR count). The molecule has 0 saturated carbocycles. The molecular weight excluding hydrogens is 240 g/mol. The highest BCUT2D eigenvalue weighted by atomic mass is 16.5. The van der Waals surface area contributed by atoms with E-state index >= 15 is 0 Å². The summed E-state index contributed by atoms with van der Waals surface area (Å²) in [4.78, 5) is 22.9. The van der Waals surface area contributed by atoms with E-state index in [0.717, 1.165) is 11.1 Å². The molecule has 0 aliphatic heterocycles. The van der Waals surface area contributed by atoms with Gasteiger partial charge < -0.3 is 4.74 Å². The molecule has 0 fully saturated rings. The molecule has 19 heavy (non-hydrogen) atoms. The summed E-state index contributed by atoms with van der Waals surface area (Å²) in [5, 5.41) is 0. The lowest BCUT2D eigenvalue weighted by Gasteiger charge is -2.18. The Morgan fingerprint density at radius 2 is 1.95 bits per heavy atom. The Labute approximate surface area is 113 Å². The predicted molar refractivity (Wildman–Crippen MR) is 72.8 cm³/mol. The predicted octanol–water partition coefficient (Wildman–Crippen LogP) is 2.62. The number of allylic oxidation sites excluding steroid dienone is 1. The monoisotopic (exact) mass is 258 g/mol. The van der Waals surface area contributed by atoms with Gasteiger partial charge in [-0.3, -0.25) is 9.59 Å². The number of hydrogen-bond donors (Lipinski definition) is 0. The summed E-state index contributed by atoms with van der Waals surface area (Å²) >= 11 is 0. The zero-order valence-corrected chi connectivity index (χ0v) is 11.1. The topological polar surface area (TPSA) is 43.4 Å². The van der Waals surface area contributed by atoms with Crippen molar-refractivity contribution in [2.24, 2.45) is 0 Å². The van der Waals surface area contributed by atoms with Gasteiger partial charge in [0.25, 0.3) is 0 Å². The van der Waals surface area contributed by atoms with E-state index in [2.05, 4.69) is 0 Å². The first kappa shape index (κ1) is 13.5. The molecule has 0 aromatic heterocycles. The summed E-state index contributed by atoms with van der Waals surface area (Å²) < 4.78 is 5.33. The maximum Gasteiger partial charge on any atom is 0.302 e. The molecule has 0 radical (unpaired) electrons. The number of esters is 1. The molecule has 0 bridgehead atoms. The highest BCUT2D eigenvalue weighted by Crippen LogP contribution is 2.18. The molecule has 1 atom stereocenters. The lowest BCUT2D eigenvalue weighted by Crippen LogP contribution is -2.20. The molecule has 0 amide bonds. The van der Waals surface area contributed by atoms with Crippen molar-refractivity contribution in [2.45, 2.75) is 38.7 Å². The smallest absolute Gasteiger partial charge is 0.302 e. The van der Waals surface area contributed by atoms with Gasteiger partial charge >= 0.3 is 5.97 Å². The van der Waals surface area contributed by atoms with E-state index in [1.807, 2.05) is 36.4 Å². The van der Waals surface area contributed by atoms with Crippen molar-refractivity contribution in [3.63, 3.8) is 0 Å². The molecule has 3 nitrogen and oxygen atoms in total. The van der Waals surface area contributed by atoms with Crippen molar-refractivity contribution in [3.05, 3.63) is 47.5 Å². The van der Waals surface area contributed by atoms with Crippen LogP contribution in [0.25, 0.3) is 0 Å². The van der Waals surface area contributed by atoms with Crippen LogP contribution in [0, 0.1) is 0 Å². The van der Waals surface area contributed by atoms with E-state index in [0.29, 0.717) is 25.7 Å². The first-order valence-corrected chi connectivity index (χ1v) is 6.56. The standard InChI is InChI=1S/C16H18O3/c1-12(17)19-16-9-5-4-8-15(18)10-13-6-2-3-7-14(13)11-16/h2-7,16H,8-11H2,1H3/b5-4-. The van der Waals surface area contributed by atoms with Crippen molar-refractivity contribution in [2.75, 3.05) is 0 Å². The quantitative estimate of drug-likeness (QED) is 0.574. The van der Waals surface area contributed by atoms with Crippen molar-refractivity contribution in [3.8, 4) is 0 Å². The fraction of sp³-hybridized carbons (Fsp3) is 0.375. The van der Waals surface area contributed by atoms with Crippen molar-refractivity contribution >= 4 is 11.8 Å². The average molecular weight is 258 g/mol. The summed E-state index contributed by atoms with van der Waals surface area (Å²) in [6.45, 7) is 1.43. The zero-order valence-electron chi connectivity index (χ0n) is 11.1. The van der Waals surface area contributed by atoms with Crippen LogP contribution in [-0.2, 0) is 27.2 Å². The summed E-state index contributed by atoms with van der Waals surface area (Å²) in [5.41, 5.74) is 2.14. The number of hydrogen-bond acceptors (Lipinski definition) is 3. The first-order chi connectivity index (χ1) is 9.15. The van der Waals surface area contributed by atoms with Crippen LogP contribution in [0.4, 0.5) is 0 Å². The minimum absolute atomic E-state index is 0.150. The van der Waals surface area contributed by atoms with Crippen LogP contribution in [0.5, 0.6) is 0 Å². The van der Waals surface area contributed by atoms with Crippen LogP contribution in [-0.4, -0.2) is 17.9 Å². The fourth-order valence-electron chi connectivity index (χ4n) is 2.33. The van der Waals surface area contributed by atoms with Crippen LogP contribution in [0.3, 0.4) is 0 Å². The maximum absolute atomic E-state index is 11.8. The second-order valence-electron chi connectivity index (χ2n) is 4.83. The van der Waals surface area contributed by atoms with Gasteiger partial charge in [-0.05, 0) is 11.1 Å². The third-order valence-electron chi connectivity index (χ3n) is 3.20. The highest BCUT2D eigenvalue weighted by Gasteiger charge is 2.16. The minimum Gasteiger partial charge on any atom is -0.462 e. The molecule has 0 heterocycles. The van der Waals surface area contributed by atoms with E-state index in [1.54, 1.807) is 0 Å². The normalized spacial score (nSPS) is 21.3. The second-order valence-corrected chi connectivity index (χ2v) is 4.83. The zero-order chi connectivity index (χ0) is 13.7. The van der Waals surface area contributed by atoms with Gasteiger partial charge in [-0.2, -0.15) is 0 Å². The number of ether oxygens (including phenoxy) is 1. The Kier molecular flexibility index (Phi) is 4.50. The van der Waals surface area contributed by atoms with E-state index < -0.39 is 0 Å². The lowest BCUT2D eigenvalue weighted by molar-refractivity contribution is -0.146. The number of rotatable bonds is 1. The molecule has 0 saturated heterocycles. The third-order valence-corrected chi connectivity index (χ3v) is 3.20. The molecule has 1 aliphatic rings. The highest BCUT2D eigenvalue weighted by molar-refractivity contribution is 5.82. The van der Waals surface area contributed by atoms with E-state index in [4.69, 9.17) is 4.74 Å². The largest absolute Gasteiger partial charge is 0.462 e. The molecule has 1 aromatic carbocycles. The molecule has 0 N–H and O–H groups in total. The molecule has 1 aliphatic carbocycles. The third kappa shape index (κ3) is 4.05. The van der Waals surface area contributed by atoms with Gasteiger partial charge in [0.1, 0.15) is 11.9 Å². The number of Topliss-reactive ketones (excluding diaryl/α,β-unsaturated/α-hetero) is 1. The van der Waals surface area contributed by atoms with Gasteiger partial charge in [-0.1, -0.05) is 36.4 Å². The Hall–Kier alpha value is -1.90. The second kappa shape index (κ2) is 6.32. The van der Waals surface area contributed by atoms with Crippen LogP contribution in [0.2, 0.25) is 0 Å². The number of fused-ring (bicyclic) bond motifs is 1. The fourth-order valence-corrected chi connectivity index (χ4v) is 2.33. The maximum atomic E-state index is 11.8. The number of ketones is 1. The lowest BCUT2D eigenvalue weighted by atomic mass is 9.94. The molecular formula is C16H18O3. The van der Waals surface area contributed by atoms with Crippen molar-refractivity contribution in [1.29, 1.82) is 0 Å². The van der Waals surface area contributed by atoms with Crippen molar-refractivity contribution < 1.29 is 14.3 Å². The van der Waals surface area contributed by atoms with Crippen LogP contribution in [0.15, 0.2) is 36.4 Å². The molecule has 1 aromatic rings. The van der Waals surface area contributed by atoms with Crippen LogP contribution in [0.1, 0.15) is 30.9 Å². The number of carbonyl (C=O) groups is 2. The molecule has 1 unspecified atom stereocenters. The Bertz CT molecular complexity index is 502. The van der Waals surface area contributed by atoms with Gasteiger partial charge in [0.15, 0.2) is 0 Å². The Balaban J connectivity index is 2.25. The van der Waals surface area contributed by atoms with E-state index in [-0.39, 0.29) is 17.9 Å². The molecule has 0 spiro atoms. The van der Waals surface area contributed by atoms with Gasteiger partial charge in [0.2, 0.25) is 0 Å². The molecule has 100 valence electrons. The number of carbonyl (C=O) groups excluding carboxylic acids is 2. The van der Waals surface area contributed by atoms with Gasteiger partial charge in [0, 0.05) is 32.6 Å². The average Bonchev–Trinajstić information content (AvgIpc) is 2.36. The van der Waals surface area contributed by atoms with Gasteiger partial charge in [-0.15, -0.1) is 0 Å². The van der Waals surface area contributed by atoms with Gasteiger partial charge in [0.05, 0.1) is 0 Å². The number of benzene rings is 1. The summed E-state index contributed by atoms with van der Waals surface area (Å²) in [5.74, 6) is -0.0429. The SMILES string of the molecule is CC(=O)OC1C/C=C\CC(=O)Cc2ccccc2C1. The van der Waals surface area contributed by atoms with Crippen LogP contribution < -0.4 is 0 Å². The Morgan fingerprint density at radius 3 is 2.68 bits per heavy atom. The van der Waals surface area contributed by atoms with Crippen LogP contribution >= 0.6 is 0 Å². The minimum atomic E-state index is -0.260. The summed E-state index contributed by atoms with van der Waals surface area (Å²) in [6, 6.07) is 7.87. The Morgan fingerprint density at radius 1 is 1.21 bits per heavy atom. The summed E-state index contributed by atoms with van der Waals surface area (Å²) in [7, 11) is 0. The first-order valence-electron chi connectivity index (χ1n) is 6.56.